The molecule has 2 amide bonds. The highest BCUT2D eigenvalue weighted by molar-refractivity contribution is 5.97. The Bertz CT molecular complexity index is 737. The van der Waals surface area contributed by atoms with Crippen LogP contribution in [0.2, 0.25) is 0 Å². The second kappa shape index (κ2) is 9.04. The number of carbonyl (C=O) groups excluding carboxylic acids is 2. The van der Waals surface area contributed by atoms with Gasteiger partial charge in [-0.1, -0.05) is 62.4 Å². The number of anilines is 1. The van der Waals surface area contributed by atoms with Crippen molar-refractivity contribution in [3.05, 3.63) is 65.2 Å². The molecule has 0 spiro atoms. The predicted molar refractivity (Wildman–Crippen MR) is 103 cm³/mol. The van der Waals surface area contributed by atoms with Gasteiger partial charge in [0.2, 0.25) is 5.91 Å². The number of amides is 2. The van der Waals surface area contributed by atoms with Crippen LogP contribution < -0.4 is 10.6 Å². The first-order chi connectivity index (χ1) is 12.4. The van der Waals surface area contributed by atoms with Crippen molar-refractivity contribution in [2.24, 2.45) is 5.92 Å². The number of alkyl carbamates (subject to hydrolysis) is 1. The van der Waals surface area contributed by atoms with Crippen LogP contribution in [-0.2, 0) is 16.1 Å². The lowest BCUT2D eigenvalue weighted by atomic mass is 10.0. The molecule has 2 aromatic rings. The number of benzene rings is 2. The number of hydrogen-bond acceptors (Lipinski definition) is 3. The lowest BCUT2D eigenvalue weighted by molar-refractivity contribution is -0.119. The third-order valence-electron chi connectivity index (χ3n) is 4.16. The van der Waals surface area contributed by atoms with E-state index in [9.17, 15) is 9.59 Å². The van der Waals surface area contributed by atoms with Gasteiger partial charge in [-0.15, -0.1) is 0 Å². The van der Waals surface area contributed by atoms with Gasteiger partial charge >= 0.3 is 6.09 Å². The largest absolute Gasteiger partial charge is 0.445 e. The first-order valence-electron chi connectivity index (χ1n) is 8.72. The number of para-hydroxylation sites is 1. The number of aryl methyl sites for hydroxylation is 2. The highest BCUT2D eigenvalue weighted by atomic mass is 16.5. The molecule has 2 aromatic carbocycles. The fourth-order valence-electron chi connectivity index (χ4n) is 2.64. The van der Waals surface area contributed by atoms with Crippen LogP contribution in [0, 0.1) is 19.8 Å². The monoisotopic (exact) mass is 354 g/mol. The van der Waals surface area contributed by atoms with Crippen molar-refractivity contribution in [2.75, 3.05) is 5.32 Å². The fraction of sp³-hybridized carbons (Fsp3) is 0.333. The number of carbonyl (C=O) groups is 2. The Kier molecular flexibility index (Phi) is 6.78. The molecule has 0 aliphatic heterocycles. The van der Waals surface area contributed by atoms with Crippen LogP contribution >= 0.6 is 0 Å². The standard InChI is InChI=1S/C21H26N2O3/c1-14(2)18(20(24)22-19-15(3)9-8-10-16(19)4)23-21(25)26-13-17-11-6-5-7-12-17/h5-12,14,18H,13H2,1-4H3,(H,22,24)(H,23,25)/t18-/m0/s1. The van der Waals surface area contributed by atoms with Crippen molar-refractivity contribution in [1.29, 1.82) is 0 Å². The molecule has 5 heteroatoms. The van der Waals surface area contributed by atoms with Crippen LogP contribution in [-0.4, -0.2) is 18.0 Å². The zero-order valence-electron chi connectivity index (χ0n) is 15.7. The lowest BCUT2D eigenvalue weighted by Crippen LogP contribution is -2.47. The maximum absolute atomic E-state index is 12.7. The van der Waals surface area contributed by atoms with Gasteiger partial charge in [-0.2, -0.15) is 0 Å². The summed E-state index contributed by atoms with van der Waals surface area (Å²) in [6.07, 6.45) is -0.607. The van der Waals surface area contributed by atoms with Crippen molar-refractivity contribution in [3.8, 4) is 0 Å². The average molecular weight is 354 g/mol. The quantitative estimate of drug-likeness (QED) is 0.817. The lowest BCUT2D eigenvalue weighted by Gasteiger charge is -2.22. The summed E-state index contributed by atoms with van der Waals surface area (Å²) < 4.78 is 5.23. The third kappa shape index (κ3) is 5.34. The zero-order chi connectivity index (χ0) is 19.1. The van der Waals surface area contributed by atoms with E-state index in [2.05, 4.69) is 10.6 Å². The van der Waals surface area contributed by atoms with Crippen LogP contribution in [0.1, 0.15) is 30.5 Å². The number of ether oxygens (including phenoxy) is 1. The summed E-state index contributed by atoms with van der Waals surface area (Å²) >= 11 is 0. The second-order valence-corrected chi connectivity index (χ2v) is 6.68. The van der Waals surface area contributed by atoms with Crippen LogP contribution in [0.25, 0.3) is 0 Å². The Hall–Kier alpha value is -2.82. The summed E-state index contributed by atoms with van der Waals surface area (Å²) in [5.41, 5.74) is 3.63. The minimum absolute atomic E-state index is 0.0800. The molecule has 138 valence electrons. The van der Waals surface area contributed by atoms with Crippen molar-refractivity contribution in [2.45, 2.75) is 40.3 Å². The molecule has 0 radical (unpaired) electrons. The summed E-state index contributed by atoms with van der Waals surface area (Å²) in [5, 5.41) is 5.60. The predicted octanol–water partition coefficient (Wildman–Crippen LogP) is 4.19. The van der Waals surface area contributed by atoms with E-state index in [1.807, 2.05) is 76.2 Å². The van der Waals surface area contributed by atoms with Gasteiger partial charge in [-0.25, -0.2) is 4.79 Å². The molecule has 0 aliphatic rings. The van der Waals surface area contributed by atoms with E-state index >= 15 is 0 Å². The highest BCUT2D eigenvalue weighted by Crippen LogP contribution is 2.20. The van der Waals surface area contributed by atoms with Crippen molar-refractivity contribution in [3.63, 3.8) is 0 Å². The molecule has 26 heavy (non-hydrogen) atoms. The van der Waals surface area contributed by atoms with E-state index in [4.69, 9.17) is 4.74 Å². The third-order valence-corrected chi connectivity index (χ3v) is 4.16. The van der Waals surface area contributed by atoms with Gasteiger partial charge in [0.05, 0.1) is 0 Å². The van der Waals surface area contributed by atoms with Crippen LogP contribution in [0.15, 0.2) is 48.5 Å². The Morgan fingerprint density at radius 3 is 2.15 bits per heavy atom. The Balaban J connectivity index is 1.99. The highest BCUT2D eigenvalue weighted by Gasteiger charge is 2.25. The van der Waals surface area contributed by atoms with Gasteiger partial charge in [0, 0.05) is 5.69 Å². The Morgan fingerprint density at radius 2 is 1.58 bits per heavy atom. The molecule has 0 unspecified atom stereocenters. The topological polar surface area (TPSA) is 67.4 Å². The first kappa shape index (κ1) is 19.5. The summed E-state index contributed by atoms with van der Waals surface area (Å²) in [7, 11) is 0. The molecule has 0 saturated heterocycles. The molecule has 0 saturated carbocycles. The van der Waals surface area contributed by atoms with E-state index in [1.54, 1.807) is 0 Å². The van der Waals surface area contributed by atoms with Gasteiger partial charge < -0.3 is 15.4 Å². The smallest absolute Gasteiger partial charge is 0.408 e. The number of hydrogen-bond donors (Lipinski definition) is 2. The molecule has 0 aliphatic carbocycles. The average Bonchev–Trinajstić information content (AvgIpc) is 2.61. The Labute approximate surface area is 154 Å². The maximum atomic E-state index is 12.7. The summed E-state index contributed by atoms with van der Waals surface area (Å²) in [5.74, 6) is -0.335. The maximum Gasteiger partial charge on any atom is 0.408 e. The fourth-order valence-corrected chi connectivity index (χ4v) is 2.64. The normalized spacial score (nSPS) is 11.7. The summed E-state index contributed by atoms with van der Waals surface area (Å²) in [4.78, 5) is 24.8. The van der Waals surface area contributed by atoms with E-state index < -0.39 is 12.1 Å². The minimum atomic E-state index is -0.683. The minimum Gasteiger partial charge on any atom is -0.445 e. The van der Waals surface area contributed by atoms with Crippen LogP contribution in [0.3, 0.4) is 0 Å². The molecule has 5 nitrogen and oxygen atoms in total. The molecule has 0 heterocycles. The molecular weight excluding hydrogens is 328 g/mol. The number of nitrogens with one attached hydrogen (secondary N) is 2. The van der Waals surface area contributed by atoms with E-state index in [0.717, 1.165) is 22.4 Å². The SMILES string of the molecule is Cc1cccc(C)c1NC(=O)[C@@H](NC(=O)OCc1ccccc1)C(C)C. The van der Waals surface area contributed by atoms with E-state index in [-0.39, 0.29) is 18.4 Å². The first-order valence-corrected chi connectivity index (χ1v) is 8.72. The van der Waals surface area contributed by atoms with Gasteiger partial charge in [-0.05, 0) is 36.5 Å². The van der Waals surface area contributed by atoms with Gasteiger partial charge in [-0.3, -0.25) is 4.79 Å². The van der Waals surface area contributed by atoms with Gasteiger partial charge in [0.1, 0.15) is 12.6 Å². The van der Waals surface area contributed by atoms with Crippen LogP contribution in [0.4, 0.5) is 10.5 Å². The molecule has 2 N–H and O–H groups in total. The van der Waals surface area contributed by atoms with Crippen molar-refractivity contribution in [1.82, 2.24) is 5.32 Å². The van der Waals surface area contributed by atoms with Gasteiger partial charge in [0.25, 0.3) is 0 Å². The second-order valence-electron chi connectivity index (χ2n) is 6.68. The van der Waals surface area contributed by atoms with Crippen LogP contribution in [0.5, 0.6) is 0 Å². The summed E-state index contributed by atoms with van der Waals surface area (Å²) in [6.45, 7) is 7.80. The van der Waals surface area contributed by atoms with Crippen molar-refractivity contribution < 1.29 is 14.3 Å². The summed E-state index contributed by atoms with van der Waals surface area (Å²) in [6, 6.07) is 14.6. The molecule has 1 atom stereocenters. The Morgan fingerprint density at radius 1 is 0.962 bits per heavy atom. The van der Waals surface area contributed by atoms with Gasteiger partial charge in [0.15, 0.2) is 0 Å². The number of rotatable bonds is 6. The van der Waals surface area contributed by atoms with Crippen molar-refractivity contribution >= 4 is 17.7 Å². The zero-order valence-corrected chi connectivity index (χ0v) is 15.7. The van der Waals surface area contributed by atoms with E-state index in [0.29, 0.717) is 0 Å². The molecular formula is C21H26N2O3. The molecule has 0 bridgehead atoms. The molecule has 0 aromatic heterocycles. The molecule has 0 fully saturated rings. The molecule has 2 rings (SSSR count). The van der Waals surface area contributed by atoms with E-state index in [1.165, 1.54) is 0 Å².